The number of hydrogen-bond acceptors (Lipinski definition) is 3. The highest BCUT2D eigenvalue weighted by atomic mass is 79.9. The third kappa shape index (κ3) is 2.56. The van der Waals surface area contributed by atoms with E-state index in [1.165, 1.54) is 0 Å². The molecule has 1 atom stereocenters. The van der Waals surface area contributed by atoms with Gasteiger partial charge >= 0.3 is 0 Å². The number of likely N-dealkylation sites (N-methyl/N-ethyl adjacent to an activating group) is 1. The molecule has 0 spiro atoms. The van der Waals surface area contributed by atoms with Crippen LogP contribution in [0.15, 0.2) is 22.7 Å². The maximum atomic E-state index is 12.4. The van der Waals surface area contributed by atoms with Gasteiger partial charge in [-0.2, -0.15) is 0 Å². The van der Waals surface area contributed by atoms with E-state index < -0.39 is 5.54 Å². The van der Waals surface area contributed by atoms with Gasteiger partial charge < -0.3 is 15.5 Å². The van der Waals surface area contributed by atoms with Crippen LogP contribution in [0.3, 0.4) is 0 Å². The predicted octanol–water partition coefficient (Wildman–Crippen LogP) is 2.53. The van der Waals surface area contributed by atoms with Crippen molar-refractivity contribution >= 4 is 27.5 Å². The van der Waals surface area contributed by atoms with Crippen LogP contribution in [0.2, 0.25) is 0 Å². The molecule has 1 unspecified atom stereocenters. The van der Waals surface area contributed by atoms with Crippen molar-refractivity contribution < 1.29 is 4.79 Å². The lowest BCUT2D eigenvalue weighted by Gasteiger charge is -2.47. The normalized spacial score (nSPS) is 20.2. The molecule has 2 rings (SSSR count). The van der Waals surface area contributed by atoms with Gasteiger partial charge in [0.1, 0.15) is 5.54 Å². The van der Waals surface area contributed by atoms with Gasteiger partial charge in [-0.05, 0) is 44.5 Å². The smallest absolute Gasteiger partial charge is 0.247 e. The number of amides is 1. The van der Waals surface area contributed by atoms with Gasteiger partial charge in [-0.1, -0.05) is 15.9 Å². The Kier molecular flexibility index (Phi) is 4.12. The molecular weight excluding hydrogens is 318 g/mol. The first kappa shape index (κ1) is 15.3. The molecular formula is C15H22BrN3O. The number of halogens is 1. The molecule has 4 nitrogen and oxygen atoms in total. The third-order valence-electron chi connectivity index (χ3n) is 3.97. The predicted molar refractivity (Wildman–Crippen MR) is 85.8 cm³/mol. The zero-order chi connectivity index (χ0) is 15.1. The summed E-state index contributed by atoms with van der Waals surface area (Å²) in [6, 6.07) is 6.01. The summed E-state index contributed by atoms with van der Waals surface area (Å²) in [6.07, 6.45) is 0. The maximum absolute atomic E-state index is 12.4. The fourth-order valence-corrected chi connectivity index (χ4v) is 3.15. The van der Waals surface area contributed by atoms with Crippen molar-refractivity contribution in [1.82, 2.24) is 4.90 Å². The highest BCUT2D eigenvalue weighted by molar-refractivity contribution is 9.10. The summed E-state index contributed by atoms with van der Waals surface area (Å²) in [5, 5.41) is 0. The molecule has 1 fully saturated rings. The van der Waals surface area contributed by atoms with E-state index in [0.717, 1.165) is 28.8 Å². The molecule has 0 radical (unpaired) electrons. The Balaban J connectivity index is 2.48. The summed E-state index contributed by atoms with van der Waals surface area (Å²) < 4.78 is 1.01. The summed E-state index contributed by atoms with van der Waals surface area (Å²) in [7, 11) is 1.86. The summed E-state index contributed by atoms with van der Waals surface area (Å²) >= 11 is 3.49. The van der Waals surface area contributed by atoms with Gasteiger partial charge in [0.25, 0.3) is 0 Å². The number of nitrogens with two attached hydrogens (primary N) is 1. The lowest BCUT2D eigenvalue weighted by molar-refractivity contribution is -0.136. The largest absolute Gasteiger partial charge is 0.355 e. The van der Waals surface area contributed by atoms with Crippen molar-refractivity contribution in [3.63, 3.8) is 0 Å². The standard InChI is InChI=1S/C15H22BrN3O/c1-10(17)12-9-11(16)5-6-13(12)19-8-7-18(4)14(20)15(19,2)3/h5-6,9-10H,7-8,17H2,1-4H3. The first-order chi connectivity index (χ1) is 9.25. The van der Waals surface area contributed by atoms with Crippen LogP contribution < -0.4 is 10.6 Å². The first-order valence-electron chi connectivity index (χ1n) is 6.83. The second-order valence-corrected chi connectivity index (χ2v) is 6.84. The Morgan fingerprint density at radius 1 is 1.35 bits per heavy atom. The van der Waals surface area contributed by atoms with Crippen molar-refractivity contribution in [2.45, 2.75) is 32.4 Å². The molecule has 0 aromatic heterocycles. The van der Waals surface area contributed by atoms with Gasteiger partial charge in [-0.15, -0.1) is 0 Å². The molecule has 1 aromatic rings. The molecule has 0 bridgehead atoms. The van der Waals surface area contributed by atoms with Gasteiger partial charge in [0, 0.05) is 36.3 Å². The minimum absolute atomic E-state index is 0.0759. The molecule has 0 saturated carbocycles. The highest BCUT2D eigenvalue weighted by Crippen LogP contribution is 2.34. The Hall–Kier alpha value is -1.07. The SMILES string of the molecule is CC(N)c1cc(Br)ccc1N1CCN(C)C(=O)C1(C)C. The zero-order valence-corrected chi connectivity index (χ0v) is 14.1. The number of nitrogens with zero attached hydrogens (tertiary/aromatic N) is 2. The molecule has 2 N–H and O–H groups in total. The van der Waals surface area contributed by atoms with E-state index in [1.54, 1.807) is 4.90 Å². The lowest BCUT2D eigenvalue weighted by Crippen LogP contribution is -2.62. The van der Waals surface area contributed by atoms with Gasteiger partial charge in [-0.25, -0.2) is 0 Å². The number of carbonyl (C=O) groups excluding carboxylic acids is 1. The van der Waals surface area contributed by atoms with Crippen molar-refractivity contribution in [3.05, 3.63) is 28.2 Å². The second-order valence-electron chi connectivity index (χ2n) is 5.93. The summed E-state index contributed by atoms with van der Waals surface area (Å²) in [4.78, 5) is 16.4. The van der Waals surface area contributed by atoms with Gasteiger partial charge in [0.05, 0.1) is 0 Å². The average Bonchev–Trinajstić information content (AvgIpc) is 2.37. The Morgan fingerprint density at radius 2 is 2.00 bits per heavy atom. The van der Waals surface area contributed by atoms with E-state index in [4.69, 9.17) is 5.73 Å². The van der Waals surface area contributed by atoms with Crippen LogP contribution in [0.4, 0.5) is 5.69 Å². The van der Waals surface area contributed by atoms with E-state index in [2.05, 4.69) is 20.8 Å². The number of carbonyl (C=O) groups is 1. The lowest BCUT2D eigenvalue weighted by atomic mass is 9.94. The highest BCUT2D eigenvalue weighted by Gasteiger charge is 2.41. The van der Waals surface area contributed by atoms with E-state index in [9.17, 15) is 4.79 Å². The van der Waals surface area contributed by atoms with Gasteiger partial charge in [0.2, 0.25) is 5.91 Å². The fraction of sp³-hybridized carbons (Fsp3) is 0.533. The van der Waals surface area contributed by atoms with Crippen molar-refractivity contribution in [2.75, 3.05) is 25.0 Å². The van der Waals surface area contributed by atoms with Gasteiger partial charge in [0.15, 0.2) is 0 Å². The Morgan fingerprint density at radius 3 is 2.60 bits per heavy atom. The topological polar surface area (TPSA) is 49.6 Å². The first-order valence-corrected chi connectivity index (χ1v) is 7.62. The molecule has 1 aromatic carbocycles. The Bertz CT molecular complexity index is 528. The van der Waals surface area contributed by atoms with Crippen LogP contribution in [0.1, 0.15) is 32.4 Å². The molecule has 5 heteroatoms. The van der Waals surface area contributed by atoms with Crippen molar-refractivity contribution in [3.8, 4) is 0 Å². The number of piperazine rings is 1. The van der Waals surface area contributed by atoms with Crippen LogP contribution in [-0.2, 0) is 4.79 Å². The minimum Gasteiger partial charge on any atom is -0.355 e. The molecule has 1 aliphatic rings. The number of benzene rings is 1. The van der Waals surface area contributed by atoms with E-state index in [0.29, 0.717) is 0 Å². The number of hydrogen-bond donors (Lipinski definition) is 1. The molecule has 1 heterocycles. The number of rotatable bonds is 2. The van der Waals surface area contributed by atoms with Gasteiger partial charge in [-0.3, -0.25) is 4.79 Å². The quantitative estimate of drug-likeness (QED) is 0.900. The van der Waals surface area contributed by atoms with Crippen LogP contribution >= 0.6 is 15.9 Å². The summed E-state index contributed by atoms with van der Waals surface area (Å²) in [6.45, 7) is 7.46. The maximum Gasteiger partial charge on any atom is 0.247 e. The number of anilines is 1. The molecule has 1 aliphatic heterocycles. The third-order valence-corrected chi connectivity index (χ3v) is 4.47. The van der Waals surface area contributed by atoms with Crippen molar-refractivity contribution in [2.24, 2.45) is 5.73 Å². The Labute approximate surface area is 129 Å². The molecule has 20 heavy (non-hydrogen) atoms. The summed E-state index contributed by atoms with van der Waals surface area (Å²) in [5.74, 6) is 0.141. The fourth-order valence-electron chi connectivity index (χ4n) is 2.77. The molecule has 1 saturated heterocycles. The van der Waals surface area contributed by atoms with E-state index in [1.807, 2.05) is 46.0 Å². The zero-order valence-electron chi connectivity index (χ0n) is 12.5. The van der Waals surface area contributed by atoms with E-state index in [-0.39, 0.29) is 11.9 Å². The monoisotopic (exact) mass is 339 g/mol. The van der Waals surface area contributed by atoms with Crippen LogP contribution in [0, 0.1) is 0 Å². The molecule has 0 aliphatic carbocycles. The van der Waals surface area contributed by atoms with Crippen LogP contribution in [0.25, 0.3) is 0 Å². The minimum atomic E-state index is -0.551. The van der Waals surface area contributed by atoms with Crippen molar-refractivity contribution in [1.29, 1.82) is 0 Å². The second kappa shape index (κ2) is 5.37. The van der Waals surface area contributed by atoms with Crippen LogP contribution in [-0.4, -0.2) is 36.5 Å². The average molecular weight is 340 g/mol. The summed E-state index contributed by atoms with van der Waals surface area (Å²) in [5.41, 5.74) is 7.66. The molecule has 110 valence electrons. The molecule has 1 amide bonds. The van der Waals surface area contributed by atoms with Crippen LogP contribution in [0.5, 0.6) is 0 Å². The van der Waals surface area contributed by atoms with E-state index >= 15 is 0 Å².